The minimum atomic E-state index is -0.330. The Balaban J connectivity index is 1.78. The molecule has 0 N–H and O–H groups in total. The van der Waals surface area contributed by atoms with Gasteiger partial charge in [0.1, 0.15) is 22.4 Å². The number of methoxy groups -OCH3 is 1. The zero-order chi connectivity index (χ0) is 18.3. The van der Waals surface area contributed by atoms with Gasteiger partial charge in [-0.15, -0.1) is 0 Å². The fourth-order valence-electron chi connectivity index (χ4n) is 3.14. The minimum absolute atomic E-state index is 0.168. The predicted molar refractivity (Wildman–Crippen MR) is 98.4 cm³/mol. The molecule has 2 aromatic heterocycles. The second kappa shape index (κ2) is 6.46. The summed E-state index contributed by atoms with van der Waals surface area (Å²) in [5.74, 6) is 1.21. The molecule has 7 heteroatoms. The Hall–Kier alpha value is -2.86. The van der Waals surface area contributed by atoms with Gasteiger partial charge in [0.15, 0.2) is 0 Å². The molecule has 0 saturated carbocycles. The highest BCUT2D eigenvalue weighted by Crippen LogP contribution is 2.37. The third-order valence-corrected chi connectivity index (χ3v) is 4.70. The van der Waals surface area contributed by atoms with E-state index in [1.165, 1.54) is 11.9 Å². The number of hydrazone groups is 1. The molecule has 0 spiro atoms. The number of fused-ring (bicyclic) bond motifs is 1. The Kier molecular flexibility index (Phi) is 4.12. The first-order valence-corrected chi connectivity index (χ1v) is 8.50. The Morgan fingerprint density at radius 1 is 1.35 bits per heavy atom. The summed E-state index contributed by atoms with van der Waals surface area (Å²) in [6, 6.07) is 10.8. The molecule has 0 bridgehead atoms. The van der Waals surface area contributed by atoms with Crippen LogP contribution in [-0.2, 0) is 4.79 Å². The maximum Gasteiger partial charge on any atom is 0.240 e. The van der Waals surface area contributed by atoms with Crippen LogP contribution < -0.4 is 4.74 Å². The van der Waals surface area contributed by atoms with Gasteiger partial charge >= 0.3 is 0 Å². The van der Waals surface area contributed by atoms with Crippen LogP contribution in [0.5, 0.6) is 5.75 Å². The van der Waals surface area contributed by atoms with E-state index in [-0.39, 0.29) is 11.9 Å². The number of nitrogens with zero attached hydrogens (tertiary/aromatic N) is 3. The third kappa shape index (κ3) is 2.82. The number of amides is 1. The standard InChI is InChI=1S/C19H16ClN3O3/c1-11(24)23-17(10-16(22-23)18-4-3-7-26-18)14-9-12-8-13(25-2)5-6-15(12)21-19(14)20/h3-9,17H,10H2,1-2H3/t17-/m0/s1. The number of hydrogen-bond donors (Lipinski definition) is 0. The topological polar surface area (TPSA) is 67.9 Å². The smallest absolute Gasteiger partial charge is 0.240 e. The largest absolute Gasteiger partial charge is 0.497 e. The third-order valence-electron chi connectivity index (χ3n) is 4.40. The molecule has 0 fully saturated rings. The van der Waals surface area contributed by atoms with E-state index < -0.39 is 0 Å². The fraction of sp³-hybridized carbons (Fsp3) is 0.211. The van der Waals surface area contributed by atoms with Crippen LogP contribution in [0, 0.1) is 0 Å². The van der Waals surface area contributed by atoms with Crippen LogP contribution >= 0.6 is 11.6 Å². The summed E-state index contributed by atoms with van der Waals surface area (Å²) in [6.07, 6.45) is 2.09. The quantitative estimate of drug-likeness (QED) is 0.649. The van der Waals surface area contributed by atoms with Crippen LogP contribution in [0.15, 0.2) is 52.2 Å². The lowest BCUT2D eigenvalue weighted by atomic mass is 10.0. The van der Waals surface area contributed by atoms with Crippen molar-refractivity contribution < 1.29 is 13.9 Å². The van der Waals surface area contributed by atoms with Crippen molar-refractivity contribution in [2.75, 3.05) is 7.11 Å². The van der Waals surface area contributed by atoms with Crippen molar-refractivity contribution in [3.63, 3.8) is 0 Å². The Bertz CT molecular complexity index is 1010. The van der Waals surface area contributed by atoms with Gasteiger partial charge in [-0.05, 0) is 36.4 Å². The highest BCUT2D eigenvalue weighted by Gasteiger charge is 2.34. The summed E-state index contributed by atoms with van der Waals surface area (Å²) in [7, 11) is 1.61. The Morgan fingerprint density at radius 2 is 2.19 bits per heavy atom. The molecule has 4 rings (SSSR count). The van der Waals surface area contributed by atoms with Crippen molar-refractivity contribution in [2.45, 2.75) is 19.4 Å². The first-order chi connectivity index (χ1) is 12.6. The molecule has 3 heterocycles. The number of hydrogen-bond acceptors (Lipinski definition) is 5. The number of aromatic nitrogens is 1. The van der Waals surface area contributed by atoms with Crippen molar-refractivity contribution in [3.8, 4) is 5.75 Å². The van der Waals surface area contributed by atoms with Gasteiger partial charge in [0.2, 0.25) is 5.91 Å². The summed E-state index contributed by atoms with van der Waals surface area (Å²) in [5, 5.41) is 7.12. The second-order valence-corrected chi connectivity index (χ2v) is 6.39. The van der Waals surface area contributed by atoms with Gasteiger partial charge in [-0.25, -0.2) is 9.99 Å². The van der Waals surface area contributed by atoms with Crippen LogP contribution in [0.4, 0.5) is 0 Å². The van der Waals surface area contributed by atoms with Gasteiger partial charge in [-0.2, -0.15) is 5.10 Å². The summed E-state index contributed by atoms with van der Waals surface area (Å²) in [6.45, 7) is 1.48. The molecule has 0 saturated heterocycles. The summed E-state index contributed by atoms with van der Waals surface area (Å²) in [5.41, 5.74) is 2.21. The van der Waals surface area contributed by atoms with Crippen molar-refractivity contribution in [1.82, 2.24) is 9.99 Å². The molecule has 0 unspecified atom stereocenters. The van der Waals surface area contributed by atoms with Gasteiger partial charge in [-0.1, -0.05) is 11.6 Å². The predicted octanol–water partition coefficient (Wildman–Crippen LogP) is 4.19. The van der Waals surface area contributed by atoms with Crippen molar-refractivity contribution >= 4 is 34.1 Å². The zero-order valence-corrected chi connectivity index (χ0v) is 15.0. The van der Waals surface area contributed by atoms with Crippen molar-refractivity contribution in [3.05, 3.63) is 59.1 Å². The summed E-state index contributed by atoms with van der Waals surface area (Å²) in [4.78, 5) is 16.6. The first kappa shape index (κ1) is 16.6. The molecule has 0 radical (unpaired) electrons. The summed E-state index contributed by atoms with van der Waals surface area (Å²) >= 11 is 6.44. The number of halogens is 1. The molecular formula is C19H16ClN3O3. The number of carbonyl (C=O) groups excluding carboxylic acids is 1. The molecule has 0 aliphatic carbocycles. The molecular weight excluding hydrogens is 354 g/mol. The molecule has 6 nitrogen and oxygen atoms in total. The average Bonchev–Trinajstić information content (AvgIpc) is 3.30. The molecule has 26 heavy (non-hydrogen) atoms. The molecule has 1 aromatic carbocycles. The minimum Gasteiger partial charge on any atom is -0.497 e. The van der Waals surface area contributed by atoms with E-state index in [4.69, 9.17) is 20.8 Å². The van der Waals surface area contributed by atoms with E-state index in [0.717, 1.165) is 22.2 Å². The van der Waals surface area contributed by atoms with Gasteiger partial charge in [-0.3, -0.25) is 4.79 Å². The monoisotopic (exact) mass is 369 g/mol. The van der Waals surface area contributed by atoms with E-state index in [1.54, 1.807) is 19.4 Å². The second-order valence-electron chi connectivity index (χ2n) is 6.03. The van der Waals surface area contributed by atoms with Crippen molar-refractivity contribution in [2.24, 2.45) is 5.10 Å². The van der Waals surface area contributed by atoms with E-state index in [2.05, 4.69) is 10.1 Å². The molecule has 1 aliphatic heterocycles. The Labute approximate surface area is 155 Å². The lowest BCUT2D eigenvalue weighted by Gasteiger charge is -2.21. The van der Waals surface area contributed by atoms with Crippen LogP contribution in [-0.4, -0.2) is 28.7 Å². The van der Waals surface area contributed by atoms with Gasteiger partial charge in [0.25, 0.3) is 0 Å². The van der Waals surface area contributed by atoms with Crippen LogP contribution in [0.1, 0.15) is 30.7 Å². The number of carbonyl (C=O) groups is 1. The maximum atomic E-state index is 12.1. The molecule has 3 aromatic rings. The molecule has 1 amide bonds. The average molecular weight is 370 g/mol. The SMILES string of the molecule is COc1ccc2nc(Cl)c([C@@H]3CC(c4ccco4)=NN3C(C)=O)cc2c1. The zero-order valence-electron chi connectivity index (χ0n) is 14.3. The van der Waals surface area contributed by atoms with Crippen LogP contribution in [0.3, 0.4) is 0 Å². The Morgan fingerprint density at radius 3 is 2.88 bits per heavy atom. The van der Waals surface area contributed by atoms with E-state index >= 15 is 0 Å². The highest BCUT2D eigenvalue weighted by molar-refractivity contribution is 6.30. The van der Waals surface area contributed by atoms with E-state index in [0.29, 0.717) is 23.0 Å². The number of benzene rings is 1. The molecule has 132 valence electrons. The van der Waals surface area contributed by atoms with Crippen LogP contribution in [0.25, 0.3) is 10.9 Å². The van der Waals surface area contributed by atoms with Gasteiger partial charge in [0, 0.05) is 24.3 Å². The number of pyridine rings is 1. The number of rotatable bonds is 3. The number of ether oxygens (including phenoxy) is 1. The maximum absolute atomic E-state index is 12.1. The van der Waals surface area contributed by atoms with Gasteiger partial charge < -0.3 is 9.15 Å². The fourth-order valence-corrected chi connectivity index (χ4v) is 3.41. The molecule has 1 aliphatic rings. The normalized spacial score (nSPS) is 16.8. The first-order valence-electron chi connectivity index (χ1n) is 8.12. The van der Waals surface area contributed by atoms with Crippen molar-refractivity contribution in [1.29, 1.82) is 0 Å². The van der Waals surface area contributed by atoms with Gasteiger partial charge in [0.05, 0.1) is 24.9 Å². The highest BCUT2D eigenvalue weighted by atomic mass is 35.5. The molecule has 1 atom stereocenters. The lowest BCUT2D eigenvalue weighted by Crippen LogP contribution is -2.24. The van der Waals surface area contributed by atoms with E-state index in [1.807, 2.05) is 30.3 Å². The number of furan rings is 1. The summed E-state index contributed by atoms with van der Waals surface area (Å²) < 4.78 is 10.7. The van der Waals surface area contributed by atoms with Crippen LogP contribution in [0.2, 0.25) is 5.15 Å². The van der Waals surface area contributed by atoms with E-state index in [9.17, 15) is 4.79 Å². The lowest BCUT2D eigenvalue weighted by molar-refractivity contribution is -0.130.